The number of anilines is 1. The average Bonchev–Trinajstić information content (AvgIpc) is 2.64. The molecule has 0 spiro atoms. The molecule has 6 heteroatoms. The number of halogens is 1. The molecule has 1 heterocycles. The van der Waals surface area contributed by atoms with Crippen molar-refractivity contribution in [2.45, 2.75) is 26.8 Å². The minimum Gasteiger partial charge on any atom is -0.490 e. The molecule has 27 heavy (non-hydrogen) atoms. The smallest absolute Gasteiger partial charge is 0.238 e. The highest BCUT2D eigenvalue weighted by atomic mass is 35.5. The Bertz CT molecular complexity index is 810. The lowest BCUT2D eigenvalue weighted by atomic mass is 9.98. The molecular weight excluding hydrogens is 364 g/mol. The third kappa shape index (κ3) is 4.93. The van der Waals surface area contributed by atoms with E-state index in [1.54, 1.807) is 12.1 Å². The van der Waals surface area contributed by atoms with Gasteiger partial charge in [0, 0.05) is 13.1 Å². The van der Waals surface area contributed by atoms with E-state index in [-0.39, 0.29) is 5.91 Å². The van der Waals surface area contributed by atoms with Gasteiger partial charge in [0.25, 0.3) is 0 Å². The molecular formula is C21H25ClN2O3. The summed E-state index contributed by atoms with van der Waals surface area (Å²) in [6.45, 7) is 6.97. The molecule has 0 aromatic heterocycles. The van der Waals surface area contributed by atoms with E-state index in [4.69, 9.17) is 21.1 Å². The molecule has 2 aromatic rings. The van der Waals surface area contributed by atoms with Crippen molar-refractivity contribution in [1.82, 2.24) is 4.90 Å². The van der Waals surface area contributed by atoms with Gasteiger partial charge in [0.2, 0.25) is 5.91 Å². The number of hydrogen-bond acceptors (Lipinski definition) is 4. The topological polar surface area (TPSA) is 50.8 Å². The monoisotopic (exact) mass is 388 g/mol. The molecule has 0 aliphatic carbocycles. The SMILES string of the molecule is CCOc1cc2c(cc1OCC)CN(CC(=O)Nc1ccccc1Cl)CC2. The maximum atomic E-state index is 12.4. The van der Waals surface area contributed by atoms with Crippen molar-refractivity contribution < 1.29 is 14.3 Å². The Balaban J connectivity index is 1.67. The molecule has 0 saturated carbocycles. The minimum atomic E-state index is -0.0671. The zero-order valence-corrected chi connectivity index (χ0v) is 16.5. The molecule has 5 nitrogen and oxygen atoms in total. The van der Waals surface area contributed by atoms with Gasteiger partial charge in [0.05, 0.1) is 30.5 Å². The van der Waals surface area contributed by atoms with Crippen LogP contribution in [-0.4, -0.2) is 37.1 Å². The summed E-state index contributed by atoms with van der Waals surface area (Å²) in [6.07, 6.45) is 0.876. The van der Waals surface area contributed by atoms with Crippen molar-refractivity contribution in [1.29, 1.82) is 0 Å². The molecule has 2 aromatic carbocycles. The summed E-state index contributed by atoms with van der Waals surface area (Å²) in [4.78, 5) is 14.5. The number of nitrogens with zero attached hydrogens (tertiary/aromatic N) is 1. The average molecular weight is 389 g/mol. The number of amides is 1. The number of ether oxygens (including phenoxy) is 2. The van der Waals surface area contributed by atoms with Crippen LogP contribution in [0.5, 0.6) is 11.5 Å². The van der Waals surface area contributed by atoms with Crippen molar-refractivity contribution in [2.24, 2.45) is 0 Å². The van der Waals surface area contributed by atoms with Gasteiger partial charge in [-0.1, -0.05) is 23.7 Å². The molecule has 3 rings (SSSR count). The molecule has 1 amide bonds. The van der Waals surface area contributed by atoms with Crippen molar-refractivity contribution in [3.63, 3.8) is 0 Å². The molecule has 1 N–H and O–H groups in total. The van der Waals surface area contributed by atoms with Gasteiger partial charge in [0.1, 0.15) is 0 Å². The lowest BCUT2D eigenvalue weighted by molar-refractivity contribution is -0.117. The second-order valence-electron chi connectivity index (χ2n) is 6.42. The third-order valence-corrected chi connectivity index (χ3v) is 4.80. The molecule has 0 unspecified atom stereocenters. The molecule has 0 radical (unpaired) electrons. The fraction of sp³-hybridized carbons (Fsp3) is 0.381. The van der Waals surface area contributed by atoms with E-state index in [0.29, 0.717) is 37.0 Å². The molecule has 0 atom stereocenters. The van der Waals surface area contributed by atoms with Crippen LogP contribution in [0, 0.1) is 0 Å². The van der Waals surface area contributed by atoms with Crippen LogP contribution < -0.4 is 14.8 Å². The van der Waals surface area contributed by atoms with Crippen molar-refractivity contribution >= 4 is 23.2 Å². The fourth-order valence-corrected chi connectivity index (χ4v) is 3.43. The van der Waals surface area contributed by atoms with Crippen molar-refractivity contribution in [3.8, 4) is 11.5 Å². The normalized spacial score (nSPS) is 13.7. The van der Waals surface area contributed by atoms with Gasteiger partial charge in [-0.05, 0) is 55.7 Å². The van der Waals surface area contributed by atoms with Crippen LogP contribution in [0.4, 0.5) is 5.69 Å². The quantitative estimate of drug-likeness (QED) is 0.774. The van der Waals surface area contributed by atoms with Gasteiger partial charge >= 0.3 is 0 Å². The lowest BCUT2D eigenvalue weighted by Crippen LogP contribution is -2.37. The zero-order chi connectivity index (χ0) is 19.2. The zero-order valence-electron chi connectivity index (χ0n) is 15.8. The fourth-order valence-electron chi connectivity index (χ4n) is 3.25. The highest BCUT2D eigenvalue weighted by Crippen LogP contribution is 2.34. The number of para-hydroxylation sites is 1. The number of hydrogen-bond donors (Lipinski definition) is 1. The predicted molar refractivity (Wildman–Crippen MR) is 108 cm³/mol. The Labute approximate surface area is 165 Å². The summed E-state index contributed by atoms with van der Waals surface area (Å²) in [6, 6.07) is 11.4. The van der Waals surface area contributed by atoms with Crippen LogP contribution in [0.15, 0.2) is 36.4 Å². The van der Waals surface area contributed by atoms with Crippen molar-refractivity contribution in [2.75, 3.05) is 31.6 Å². The number of fused-ring (bicyclic) bond motifs is 1. The summed E-state index contributed by atoms with van der Waals surface area (Å²) in [7, 11) is 0. The van der Waals surface area contributed by atoms with Gasteiger partial charge in [0.15, 0.2) is 11.5 Å². The second kappa shape index (κ2) is 9.11. The molecule has 144 valence electrons. The largest absolute Gasteiger partial charge is 0.490 e. The van der Waals surface area contributed by atoms with Crippen LogP contribution >= 0.6 is 11.6 Å². The molecule has 1 aliphatic heterocycles. The molecule has 0 saturated heterocycles. The standard InChI is InChI=1S/C21H25ClN2O3/c1-3-26-19-11-15-9-10-24(13-16(15)12-20(19)27-4-2)14-21(25)23-18-8-6-5-7-17(18)22/h5-8,11-12H,3-4,9-10,13-14H2,1-2H3,(H,23,25). The molecule has 0 fully saturated rings. The number of carbonyl (C=O) groups is 1. The number of rotatable bonds is 7. The first-order chi connectivity index (χ1) is 13.1. The Morgan fingerprint density at radius 3 is 2.44 bits per heavy atom. The highest BCUT2D eigenvalue weighted by molar-refractivity contribution is 6.33. The van der Waals surface area contributed by atoms with E-state index >= 15 is 0 Å². The summed E-state index contributed by atoms with van der Waals surface area (Å²) in [5.74, 6) is 1.49. The van der Waals surface area contributed by atoms with Gasteiger partial charge in [-0.25, -0.2) is 0 Å². The van der Waals surface area contributed by atoms with Gasteiger partial charge < -0.3 is 14.8 Å². The maximum absolute atomic E-state index is 12.4. The highest BCUT2D eigenvalue weighted by Gasteiger charge is 2.21. The summed E-state index contributed by atoms with van der Waals surface area (Å²) in [5, 5.41) is 3.42. The Morgan fingerprint density at radius 1 is 1.11 bits per heavy atom. The van der Waals surface area contributed by atoms with Crippen LogP contribution in [0.25, 0.3) is 0 Å². The lowest BCUT2D eigenvalue weighted by Gasteiger charge is -2.29. The van der Waals surface area contributed by atoms with Gasteiger partial charge in [-0.2, -0.15) is 0 Å². The minimum absolute atomic E-state index is 0.0671. The second-order valence-corrected chi connectivity index (χ2v) is 6.83. The number of nitrogens with one attached hydrogen (secondary N) is 1. The summed E-state index contributed by atoms with van der Waals surface area (Å²) in [5.41, 5.74) is 3.07. The maximum Gasteiger partial charge on any atom is 0.238 e. The van der Waals surface area contributed by atoms with E-state index < -0.39 is 0 Å². The number of carbonyl (C=O) groups excluding carboxylic acids is 1. The first-order valence-corrected chi connectivity index (χ1v) is 9.66. The third-order valence-electron chi connectivity index (χ3n) is 4.47. The van der Waals surface area contributed by atoms with E-state index in [1.807, 2.05) is 32.0 Å². The van der Waals surface area contributed by atoms with Crippen LogP contribution in [0.2, 0.25) is 5.02 Å². The number of benzene rings is 2. The Morgan fingerprint density at radius 2 is 1.78 bits per heavy atom. The molecule has 0 bridgehead atoms. The van der Waals surface area contributed by atoms with E-state index in [9.17, 15) is 4.79 Å². The van der Waals surface area contributed by atoms with E-state index in [0.717, 1.165) is 24.5 Å². The Hall–Kier alpha value is -2.24. The van der Waals surface area contributed by atoms with Crippen molar-refractivity contribution in [3.05, 3.63) is 52.5 Å². The van der Waals surface area contributed by atoms with Gasteiger partial charge in [-0.15, -0.1) is 0 Å². The summed E-state index contributed by atoms with van der Waals surface area (Å²) >= 11 is 6.11. The van der Waals surface area contributed by atoms with Crippen LogP contribution in [0.1, 0.15) is 25.0 Å². The van der Waals surface area contributed by atoms with Crippen LogP contribution in [-0.2, 0) is 17.8 Å². The van der Waals surface area contributed by atoms with Gasteiger partial charge in [-0.3, -0.25) is 9.69 Å². The van der Waals surface area contributed by atoms with E-state index in [1.165, 1.54) is 11.1 Å². The first-order valence-electron chi connectivity index (χ1n) is 9.28. The van der Waals surface area contributed by atoms with Crippen LogP contribution in [0.3, 0.4) is 0 Å². The first kappa shape index (κ1) is 19.5. The van der Waals surface area contributed by atoms with E-state index in [2.05, 4.69) is 16.3 Å². The summed E-state index contributed by atoms with van der Waals surface area (Å²) < 4.78 is 11.4. The predicted octanol–water partition coefficient (Wildman–Crippen LogP) is 4.13. The Kier molecular flexibility index (Phi) is 6.58. The molecule has 1 aliphatic rings.